The highest BCUT2D eigenvalue weighted by atomic mass is 32.2. The van der Waals surface area contributed by atoms with Crippen molar-refractivity contribution < 1.29 is 40.1 Å². The lowest BCUT2D eigenvalue weighted by molar-refractivity contribution is -0.143. The zero-order valence-corrected chi connectivity index (χ0v) is 20.4. The summed E-state index contributed by atoms with van der Waals surface area (Å²) < 4.78 is 83.4. The van der Waals surface area contributed by atoms with Gasteiger partial charge in [-0.25, -0.2) is 19.5 Å². The first-order valence-corrected chi connectivity index (χ1v) is 12.7. The van der Waals surface area contributed by atoms with Crippen LogP contribution in [0.1, 0.15) is 33.6 Å². The Bertz CT molecular complexity index is 1400. The van der Waals surface area contributed by atoms with E-state index in [1.807, 2.05) is 0 Å². The van der Waals surface area contributed by atoms with Crippen LogP contribution in [0, 0.1) is 5.92 Å². The molecule has 0 bridgehead atoms. The maximum Gasteiger partial charge on any atom is 0.431 e. The van der Waals surface area contributed by atoms with Crippen molar-refractivity contribution in [2.24, 2.45) is 11.1 Å². The molecule has 10 nitrogen and oxygen atoms in total. The van der Waals surface area contributed by atoms with Crippen molar-refractivity contribution in [1.82, 2.24) is 14.5 Å². The van der Waals surface area contributed by atoms with Gasteiger partial charge < -0.3 is 15.0 Å². The summed E-state index contributed by atoms with van der Waals surface area (Å²) in [6.07, 6.45) is -5.13. The van der Waals surface area contributed by atoms with Gasteiger partial charge in [0, 0.05) is 30.4 Å². The number of nitrogens with two attached hydrogens (primary N) is 1. The summed E-state index contributed by atoms with van der Waals surface area (Å²) in [5.74, 6) is -1.95. The second kappa shape index (κ2) is 10.8. The molecule has 38 heavy (non-hydrogen) atoms. The summed E-state index contributed by atoms with van der Waals surface area (Å²) in [4.78, 5) is 21.0. The highest BCUT2D eigenvalue weighted by Gasteiger charge is 2.44. The van der Waals surface area contributed by atoms with E-state index in [-0.39, 0.29) is 29.9 Å². The fourth-order valence-electron chi connectivity index (χ4n) is 4.31. The van der Waals surface area contributed by atoms with Gasteiger partial charge in [0.1, 0.15) is 24.0 Å². The summed E-state index contributed by atoms with van der Waals surface area (Å²) in [5.41, 5.74) is -0.943. The van der Waals surface area contributed by atoms with Gasteiger partial charge in [0.2, 0.25) is 0 Å². The van der Waals surface area contributed by atoms with Crippen LogP contribution in [0.15, 0.2) is 55.1 Å². The Balaban J connectivity index is 1.58. The molecule has 0 amide bonds. The van der Waals surface area contributed by atoms with Gasteiger partial charge in [0.05, 0.1) is 24.3 Å². The lowest BCUT2D eigenvalue weighted by Crippen LogP contribution is -2.33. The zero-order valence-electron chi connectivity index (χ0n) is 19.5. The van der Waals surface area contributed by atoms with Gasteiger partial charge in [-0.15, -0.1) is 0 Å². The van der Waals surface area contributed by atoms with Crippen molar-refractivity contribution in [2.75, 3.05) is 11.9 Å². The topological polar surface area (TPSA) is 149 Å². The molecule has 4 rings (SSSR count). The van der Waals surface area contributed by atoms with Gasteiger partial charge in [-0.05, 0) is 18.1 Å². The molecule has 15 heteroatoms. The second-order valence-electron chi connectivity index (χ2n) is 8.80. The summed E-state index contributed by atoms with van der Waals surface area (Å²) >= 11 is 0. The average molecular weight is 558 g/mol. The molecule has 0 aliphatic heterocycles. The normalized spacial score (nSPS) is 21.9. The number of anilines is 1. The van der Waals surface area contributed by atoms with Gasteiger partial charge in [0.25, 0.3) is 0 Å². The maximum atomic E-state index is 14.8. The molecule has 1 saturated carbocycles. The quantitative estimate of drug-likeness (QED) is 0.268. The van der Waals surface area contributed by atoms with Crippen molar-refractivity contribution >= 4 is 21.9 Å². The van der Waals surface area contributed by atoms with Crippen LogP contribution in [0.2, 0.25) is 0 Å². The molecule has 0 radical (unpaired) electrons. The van der Waals surface area contributed by atoms with Crippen LogP contribution in [0.3, 0.4) is 0 Å². The third-order valence-corrected chi connectivity index (χ3v) is 6.59. The van der Waals surface area contributed by atoms with E-state index in [4.69, 9.17) is 5.14 Å². The zero-order chi connectivity index (χ0) is 27.7. The molecule has 1 aliphatic rings. The Hall–Kier alpha value is -3.40. The van der Waals surface area contributed by atoms with E-state index < -0.39 is 58.8 Å². The second-order valence-corrected chi connectivity index (χ2v) is 10.0. The van der Waals surface area contributed by atoms with Crippen LogP contribution < -0.4 is 10.5 Å². The molecule has 0 spiro atoms. The van der Waals surface area contributed by atoms with Crippen LogP contribution in [-0.4, -0.2) is 58.8 Å². The first-order chi connectivity index (χ1) is 17.8. The Labute approximate surface area is 214 Å². The highest BCUT2D eigenvalue weighted by Crippen LogP contribution is 2.34. The fraction of sp³-hybridized carbons (Fsp3) is 0.348. The van der Waals surface area contributed by atoms with Crippen LogP contribution in [0.5, 0.6) is 0 Å². The minimum Gasteiger partial charge on any atom is -0.390 e. The number of nitrogens with one attached hydrogen (secondary N) is 1. The summed E-state index contributed by atoms with van der Waals surface area (Å²) in [5, 5.41) is 17.6. The number of aliphatic hydroxyl groups excluding tert-OH is 1. The van der Waals surface area contributed by atoms with Crippen LogP contribution in [0.25, 0.3) is 0 Å². The molecule has 2 aromatic heterocycles. The number of alkyl halides is 4. The van der Waals surface area contributed by atoms with Crippen molar-refractivity contribution in [3.05, 3.63) is 77.5 Å². The lowest BCUT2D eigenvalue weighted by atomic mass is 10.1. The Kier molecular flexibility index (Phi) is 7.83. The van der Waals surface area contributed by atoms with E-state index in [0.29, 0.717) is 5.56 Å². The van der Waals surface area contributed by atoms with E-state index in [9.17, 15) is 35.9 Å². The monoisotopic (exact) mass is 557 g/mol. The molecule has 0 unspecified atom stereocenters. The van der Waals surface area contributed by atoms with Crippen molar-refractivity contribution in [1.29, 1.82) is 0 Å². The van der Waals surface area contributed by atoms with Crippen LogP contribution in [0.4, 0.5) is 23.4 Å². The lowest BCUT2D eigenvalue weighted by Gasteiger charge is -2.18. The van der Waals surface area contributed by atoms with Gasteiger partial charge in [-0.3, -0.25) is 8.98 Å². The standard InChI is InChI=1S/C23H23F4N5O5S/c24-19-17(6-15(21(19)34)11-37-38(28,35)36)31-22-16(8-29-12-30-22)20(33)14-7-18(23(25,26)27)32(10-14)9-13-4-2-1-3-5-13/h1-5,7-8,10,12,15,17,19,21,34H,6,9,11H2,(H2,28,35,36)(H,29,30,31)/t15-,17-,19-,21-/m1/s1. The van der Waals surface area contributed by atoms with E-state index in [2.05, 4.69) is 19.5 Å². The number of aliphatic hydroxyl groups is 1. The molecule has 1 fully saturated rings. The van der Waals surface area contributed by atoms with E-state index in [1.165, 1.54) is 0 Å². The number of hydrogen-bond donors (Lipinski definition) is 3. The molecule has 0 saturated heterocycles. The predicted molar refractivity (Wildman–Crippen MR) is 126 cm³/mol. The van der Waals surface area contributed by atoms with Crippen molar-refractivity contribution in [3.8, 4) is 0 Å². The first-order valence-electron chi connectivity index (χ1n) is 11.3. The number of carbonyl (C=O) groups is 1. The fourth-order valence-corrected chi connectivity index (χ4v) is 4.67. The number of rotatable bonds is 9. The van der Waals surface area contributed by atoms with Gasteiger partial charge in [0.15, 0.2) is 5.78 Å². The van der Waals surface area contributed by atoms with Crippen molar-refractivity contribution in [2.45, 2.75) is 37.5 Å². The molecule has 1 aromatic carbocycles. The molecule has 3 aromatic rings. The Morgan fingerprint density at radius 1 is 1.26 bits per heavy atom. The van der Waals surface area contributed by atoms with Gasteiger partial charge >= 0.3 is 16.5 Å². The van der Waals surface area contributed by atoms with Gasteiger partial charge in [-0.2, -0.15) is 21.6 Å². The number of aromatic nitrogens is 3. The minimum atomic E-state index is -4.74. The number of hydrogen-bond acceptors (Lipinski definition) is 8. The molecular formula is C23H23F4N5O5S. The summed E-state index contributed by atoms with van der Waals surface area (Å²) in [7, 11) is -4.31. The number of benzene rings is 1. The third-order valence-electron chi connectivity index (χ3n) is 6.12. The molecular weight excluding hydrogens is 534 g/mol. The number of nitrogens with zero attached hydrogens (tertiary/aromatic N) is 3. The Morgan fingerprint density at radius 2 is 1.97 bits per heavy atom. The number of carbonyl (C=O) groups excluding carboxylic acids is 1. The first kappa shape index (κ1) is 27.6. The van der Waals surface area contributed by atoms with E-state index >= 15 is 0 Å². The molecule has 2 heterocycles. The maximum absolute atomic E-state index is 14.8. The summed E-state index contributed by atoms with van der Waals surface area (Å²) in [6, 6.07) is 8.00. The molecule has 204 valence electrons. The van der Waals surface area contributed by atoms with E-state index in [0.717, 1.165) is 29.4 Å². The average Bonchev–Trinajstić information content (AvgIpc) is 3.40. The van der Waals surface area contributed by atoms with Crippen LogP contribution >= 0.6 is 0 Å². The van der Waals surface area contributed by atoms with Crippen molar-refractivity contribution in [3.63, 3.8) is 0 Å². The molecule has 1 aliphatic carbocycles. The van der Waals surface area contributed by atoms with Gasteiger partial charge in [-0.1, -0.05) is 30.3 Å². The predicted octanol–water partition coefficient (Wildman–Crippen LogP) is 2.30. The SMILES string of the molecule is NS(=O)(=O)OC[C@H]1C[C@@H](Nc2ncncc2C(=O)c2cc(C(F)(F)F)n(Cc3ccccc3)c2)[C@@H](F)[C@@H]1O. The molecule has 4 N–H and O–H groups in total. The highest BCUT2D eigenvalue weighted by molar-refractivity contribution is 7.84. The van der Waals surface area contributed by atoms with E-state index in [1.54, 1.807) is 30.3 Å². The number of ketones is 1. The Morgan fingerprint density at radius 3 is 2.63 bits per heavy atom. The molecule has 4 atom stereocenters. The minimum absolute atomic E-state index is 0.110. The van der Waals surface area contributed by atoms with Crippen LogP contribution in [-0.2, 0) is 27.2 Å². The largest absolute Gasteiger partial charge is 0.431 e. The third kappa shape index (κ3) is 6.35. The summed E-state index contributed by atoms with van der Waals surface area (Å²) in [6.45, 7) is -0.700. The smallest absolute Gasteiger partial charge is 0.390 e. The number of halogens is 4.